The van der Waals surface area contributed by atoms with E-state index in [2.05, 4.69) is 26.6 Å². The highest BCUT2D eigenvalue weighted by Crippen LogP contribution is 2.23. The quantitative estimate of drug-likeness (QED) is 0.674. The number of benzene rings is 2. The van der Waals surface area contributed by atoms with Crippen LogP contribution in [-0.2, 0) is 0 Å². The number of carbonyl (C=O) groups excluding carboxylic acids is 2. The summed E-state index contributed by atoms with van der Waals surface area (Å²) in [5.41, 5.74) is 1.44. The Labute approximate surface area is 166 Å². The maximum atomic E-state index is 12.6. The minimum atomic E-state index is -0.243. The van der Waals surface area contributed by atoms with Crippen LogP contribution in [0.25, 0.3) is 0 Å². The van der Waals surface area contributed by atoms with Crippen LogP contribution in [0.1, 0.15) is 52.8 Å². The zero-order valence-corrected chi connectivity index (χ0v) is 16.6. The Bertz CT molecular complexity index is 819. The maximum Gasteiger partial charge on any atom is 0.255 e. The first-order chi connectivity index (χ1) is 12.5. The Kier molecular flexibility index (Phi) is 6.33. The molecule has 2 aromatic rings. The van der Waals surface area contributed by atoms with Gasteiger partial charge in [0.25, 0.3) is 11.8 Å². The van der Waals surface area contributed by atoms with E-state index in [1.165, 1.54) is 6.42 Å². The third kappa shape index (κ3) is 4.86. The fourth-order valence-corrected chi connectivity index (χ4v) is 3.72. The van der Waals surface area contributed by atoms with Crippen LogP contribution in [0.2, 0.25) is 5.02 Å². The molecular weight excluding hydrogens is 416 g/mol. The molecule has 0 radical (unpaired) electrons. The van der Waals surface area contributed by atoms with Gasteiger partial charge in [-0.2, -0.15) is 0 Å². The molecule has 6 heteroatoms. The van der Waals surface area contributed by atoms with Crippen molar-refractivity contribution < 1.29 is 9.59 Å². The van der Waals surface area contributed by atoms with Crippen LogP contribution >= 0.6 is 27.5 Å². The van der Waals surface area contributed by atoms with E-state index in [4.69, 9.17) is 11.6 Å². The summed E-state index contributed by atoms with van der Waals surface area (Å²) in [5, 5.41) is 6.24. The number of amides is 2. The van der Waals surface area contributed by atoms with Gasteiger partial charge in [-0.3, -0.25) is 9.59 Å². The number of rotatable bonds is 4. The summed E-state index contributed by atoms with van der Waals surface area (Å²) in [6, 6.07) is 12.3. The van der Waals surface area contributed by atoms with Gasteiger partial charge in [-0.1, -0.05) is 52.9 Å². The van der Waals surface area contributed by atoms with E-state index in [1.807, 2.05) is 6.07 Å². The van der Waals surface area contributed by atoms with Gasteiger partial charge in [0.05, 0.1) is 10.6 Å². The highest BCUT2D eigenvalue weighted by atomic mass is 79.9. The van der Waals surface area contributed by atoms with E-state index in [0.717, 1.165) is 30.2 Å². The molecule has 0 aliphatic heterocycles. The van der Waals surface area contributed by atoms with Crippen LogP contribution in [0.15, 0.2) is 46.9 Å². The summed E-state index contributed by atoms with van der Waals surface area (Å²) < 4.78 is 0.828. The molecule has 0 atom stereocenters. The van der Waals surface area contributed by atoms with Crippen molar-refractivity contribution in [2.45, 2.75) is 38.1 Å². The molecule has 0 heterocycles. The standard InChI is InChI=1S/C20H20BrClN2O2/c21-14-6-4-5-13(11-14)19(25)24-16-9-10-18(22)17(12-16)20(26)23-15-7-2-1-3-8-15/h4-6,9-12,15H,1-3,7-8H2,(H,23,26)(H,24,25). The first kappa shape index (κ1) is 18.9. The topological polar surface area (TPSA) is 58.2 Å². The molecule has 0 spiro atoms. The van der Waals surface area contributed by atoms with E-state index >= 15 is 0 Å². The van der Waals surface area contributed by atoms with Gasteiger partial charge in [0.1, 0.15) is 0 Å². The van der Waals surface area contributed by atoms with Crippen molar-refractivity contribution in [3.8, 4) is 0 Å². The van der Waals surface area contributed by atoms with Crippen LogP contribution in [-0.4, -0.2) is 17.9 Å². The summed E-state index contributed by atoms with van der Waals surface area (Å²) in [5.74, 6) is -0.437. The molecule has 0 aromatic heterocycles. The summed E-state index contributed by atoms with van der Waals surface area (Å²) in [6.45, 7) is 0. The van der Waals surface area contributed by atoms with Gasteiger partial charge in [-0.25, -0.2) is 0 Å². The van der Waals surface area contributed by atoms with Crippen LogP contribution in [0, 0.1) is 0 Å². The van der Waals surface area contributed by atoms with Gasteiger partial charge in [0.15, 0.2) is 0 Å². The van der Waals surface area contributed by atoms with Crippen molar-refractivity contribution in [3.05, 3.63) is 63.1 Å². The van der Waals surface area contributed by atoms with Crippen molar-refractivity contribution in [3.63, 3.8) is 0 Å². The molecule has 1 saturated carbocycles. The number of nitrogens with one attached hydrogen (secondary N) is 2. The SMILES string of the molecule is O=C(Nc1ccc(Cl)c(C(=O)NC2CCCCC2)c1)c1cccc(Br)c1. The lowest BCUT2D eigenvalue weighted by atomic mass is 9.95. The van der Waals surface area contributed by atoms with Gasteiger partial charge in [0, 0.05) is 21.8 Å². The van der Waals surface area contributed by atoms with Crippen molar-refractivity contribution in [2.24, 2.45) is 0 Å². The smallest absolute Gasteiger partial charge is 0.255 e. The molecule has 0 unspecified atom stereocenters. The van der Waals surface area contributed by atoms with E-state index in [9.17, 15) is 9.59 Å². The van der Waals surface area contributed by atoms with E-state index < -0.39 is 0 Å². The predicted molar refractivity (Wildman–Crippen MR) is 108 cm³/mol. The molecule has 26 heavy (non-hydrogen) atoms. The molecule has 1 aliphatic rings. The summed E-state index contributed by atoms with van der Waals surface area (Å²) >= 11 is 9.56. The minimum absolute atomic E-state index is 0.194. The Morgan fingerprint density at radius 3 is 2.50 bits per heavy atom. The third-order valence-corrected chi connectivity index (χ3v) is 5.32. The lowest BCUT2D eigenvalue weighted by Crippen LogP contribution is -2.36. The third-order valence-electron chi connectivity index (χ3n) is 4.50. The molecule has 1 fully saturated rings. The van der Waals surface area contributed by atoms with Crippen molar-refractivity contribution in [1.29, 1.82) is 0 Å². The van der Waals surface area contributed by atoms with Gasteiger partial charge in [-0.15, -0.1) is 0 Å². The van der Waals surface area contributed by atoms with E-state index in [0.29, 0.717) is 21.8 Å². The summed E-state index contributed by atoms with van der Waals surface area (Å²) in [7, 11) is 0. The Morgan fingerprint density at radius 1 is 1.00 bits per heavy atom. The first-order valence-corrected chi connectivity index (χ1v) is 9.87. The Morgan fingerprint density at radius 2 is 1.77 bits per heavy atom. The second-order valence-corrected chi connectivity index (χ2v) is 7.79. The lowest BCUT2D eigenvalue weighted by Gasteiger charge is -2.23. The van der Waals surface area contributed by atoms with Crippen molar-refractivity contribution in [1.82, 2.24) is 5.32 Å². The fourth-order valence-electron chi connectivity index (χ4n) is 3.12. The molecule has 136 valence electrons. The largest absolute Gasteiger partial charge is 0.349 e. The van der Waals surface area contributed by atoms with Crippen LogP contribution in [0.5, 0.6) is 0 Å². The van der Waals surface area contributed by atoms with Gasteiger partial charge < -0.3 is 10.6 Å². The second kappa shape index (κ2) is 8.69. The monoisotopic (exact) mass is 434 g/mol. The molecule has 0 bridgehead atoms. The summed E-state index contributed by atoms with van der Waals surface area (Å²) in [6.07, 6.45) is 5.51. The average Bonchev–Trinajstić information content (AvgIpc) is 2.64. The highest BCUT2D eigenvalue weighted by molar-refractivity contribution is 9.10. The van der Waals surface area contributed by atoms with Gasteiger partial charge in [-0.05, 0) is 49.2 Å². The van der Waals surface area contributed by atoms with E-state index in [1.54, 1.807) is 36.4 Å². The molecule has 2 N–H and O–H groups in total. The van der Waals surface area contributed by atoms with Crippen LogP contribution in [0.3, 0.4) is 0 Å². The van der Waals surface area contributed by atoms with Crippen molar-refractivity contribution >= 4 is 45.0 Å². The Balaban J connectivity index is 1.72. The zero-order chi connectivity index (χ0) is 18.5. The molecular formula is C20H20BrClN2O2. The van der Waals surface area contributed by atoms with Gasteiger partial charge in [0.2, 0.25) is 0 Å². The molecule has 2 aromatic carbocycles. The first-order valence-electron chi connectivity index (χ1n) is 8.70. The number of anilines is 1. The molecule has 4 nitrogen and oxygen atoms in total. The number of hydrogen-bond donors (Lipinski definition) is 2. The lowest BCUT2D eigenvalue weighted by molar-refractivity contribution is 0.0926. The van der Waals surface area contributed by atoms with Crippen LogP contribution in [0.4, 0.5) is 5.69 Å². The predicted octanol–water partition coefficient (Wildman–Crippen LogP) is 5.42. The maximum absolute atomic E-state index is 12.6. The fraction of sp³-hybridized carbons (Fsp3) is 0.300. The van der Waals surface area contributed by atoms with E-state index in [-0.39, 0.29) is 17.9 Å². The zero-order valence-electron chi connectivity index (χ0n) is 14.2. The minimum Gasteiger partial charge on any atom is -0.349 e. The normalized spacial score (nSPS) is 14.7. The number of carbonyl (C=O) groups is 2. The van der Waals surface area contributed by atoms with Crippen LogP contribution < -0.4 is 10.6 Å². The number of halogens is 2. The molecule has 1 aliphatic carbocycles. The second-order valence-electron chi connectivity index (χ2n) is 6.47. The van der Waals surface area contributed by atoms with Crippen molar-refractivity contribution in [2.75, 3.05) is 5.32 Å². The Hall–Kier alpha value is -1.85. The molecule has 3 rings (SSSR count). The average molecular weight is 436 g/mol. The molecule has 0 saturated heterocycles. The highest BCUT2D eigenvalue weighted by Gasteiger charge is 2.19. The van der Waals surface area contributed by atoms with Gasteiger partial charge >= 0.3 is 0 Å². The number of hydrogen-bond acceptors (Lipinski definition) is 2. The summed E-state index contributed by atoms with van der Waals surface area (Å²) in [4.78, 5) is 25.0. The molecule has 2 amide bonds.